The number of H-pyrrole nitrogens is 2. The second kappa shape index (κ2) is 6.63. The first-order chi connectivity index (χ1) is 12.2. The lowest BCUT2D eigenvalue weighted by molar-refractivity contribution is 0.108. The number of hydrogen-bond donors (Lipinski definition) is 3. The average molecular weight is 340 g/mol. The first kappa shape index (κ1) is 16.3. The Balaban J connectivity index is 1.68. The highest BCUT2D eigenvalue weighted by molar-refractivity contribution is 6.08. The van der Waals surface area contributed by atoms with Crippen molar-refractivity contribution in [2.45, 2.75) is 13.5 Å². The topological polar surface area (TPSA) is 75.4 Å². The fourth-order valence-corrected chi connectivity index (χ4v) is 3.81. The highest BCUT2D eigenvalue weighted by atomic mass is 16.3. The zero-order chi connectivity index (χ0) is 17.4. The van der Waals surface area contributed by atoms with Gasteiger partial charge in [0.2, 0.25) is 0 Å². The number of pyridine rings is 1. The summed E-state index contributed by atoms with van der Waals surface area (Å²) in [6.07, 6.45) is 1.94. The number of benzene rings is 1. The quantitative estimate of drug-likeness (QED) is 0.672. The molecule has 25 heavy (non-hydrogen) atoms. The molecule has 3 aromatic rings. The van der Waals surface area contributed by atoms with E-state index in [1.54, 1.807) is 6.07 Å². The number of piperazine rings is 1. The number of nitrogens with zero attached hydrogens (tertiary/aromatic N) is 2. The smallest absolute Gasteiger partial charge is 0.185 e. The van der Waals surface area contributed by atoms with E-state index in [0.717, 1.165) is 65.8 Å². The number of rotatable bonds is 4. The zero-order valence-electron chi connectivity index (χ0n) is 14.5. The lowest BCUT2D eigenvalue weighted by Crippen LogP contribution is -2.47. The van der Waals surface area contributed by atoms with Crippen molar-refractivity contribution >= 4 is 21.8 Å². The fraction of sp³-hybridized carbons (Fsp3) is 0.421. The molecule has 0 saturated carbocycles. The minimum atomic E-state index is 0.0958. The third-order valence-electron chi connectivity index (χ3n) is 5.27. The minimum absolute atomic E-state index is 0.0958. The summed E-state index contributed by atoms with van der Waals surface area (Å²) in [6, 6.07) is 5.68. The molecular weight excluding hydrogens is 316 g/mol. The Morgan fingerprint density at radius 3 is 2.52 bits per heavy atom. The number of aromatic amines is 2. The molecule has 3 heterocycles. The molecule has 2 aromatic heterocycles. The van der Waals surface area contributed by atoms with E-state index in [-0.39, 0.29) is 12.0 Å². The van der Waals surface area contributed by atoms with Crippen LogP contribution in [0.15, 0.2) is 29.2 Å². The number of β-amino-alcohol motifs (C(OH)–C–C–N with tert-alkyl or cyclic N) is 1. The summed E-state index contributed by atoms with van der Waals surface area (Å²) >= 11 is 0. The minimum Gasteiger partial charge on any atom is -0.395 e. The number of aliphatic hydroxyl groups is 1. The van der Waals surface area contributed by atoms with Crippen LogP contribution >= 0.6 is 0 Å². The van der Waals surface area contributed by atoms with E-state index in [1.165, 1.54) is 0 Å². The van der Waals surface area contributed by atoms with Crippen LogP contribution in [0.5, 0.6) is 0 Å². The predicted octanol–water partition coefficient (Wildman–Crippen LogP) is 1.43. The summed E-state index contributed by atoms with van der Waals surface area (Å²) in [5.74, 6) is 0. The van der Waals surface area contributed by atoms with Gasteiger partial charge in [0.05, 0.1) is 17.6 Å². The highest BCUT2D eigenvalue weighted by Crippen LogP contribution is 2.27. The van der Waals surface area contributed by atoms with Gasteiger partial charge >= 0.3 is 0 Å². The summed E-state index contributed by atoms with van der Waals surface area (Å²) in [6.45, 7) is 7.35. The molecule has 0 bridgehead atoms. The van der Waals surface area contributed by atoms with Gasteiger partial charge in [-0.3, -0.25) is 14.6 Å². The molecule has 6 nitrogen and oxygen atoms in total. The van der Waals surface area contributed by atoms with Gasteiger partial charge in [0.1, 0.15) is 0 Å². The van der Waals surface area contributed by atoms with E-state index in [4.69, 9.17) is 5.11 Å². The van der Waals surface area contributed by atoms with Crippen LogP contribution in [0.1, 0.15) is 11.3 Å². The van der Waals surface area contributed by atoms with E-state index >= 15 is 0 Å². The lowest BCUT2D eigenvalue weighted by atomic mass is 10.1. The van der Waals surface area contributed by atoms with Gasteiger partial charge in [0.15, 0.2) is 5.43 Å². The number of aryl methyl sites for hydroxylation is 1. The van der Waals surface area contributed by atoms with Crippen molar-refractivity contribution in [2.75, 3.05) is 39.3 Å². The maximum absolute atomic E-state index is 12.5. The van der Waals surface area contributed by atoms with Crippen molar-refractivity contribution < 1.29 is 5.11 Å². The number of nitrogens with one attached hydrogen (secondary N) is 2. The molecule has 0 aliphatic carbocycles. The summed E-state index contributed by atoms with van der Waals surface area (Å²) in [5, 5.41) is 11.3. The normalized spacial score (nSPS) is 16.9. The molecule has 0 spiro atoms. The Hall–Kier alpha value is -2.15. The van der Waals surface area contributed by atoms with Gasteiger partial charge in [-0.05, 0) is 25.1 Å². The van der Waals surface area contributed by atoms with Gasteiger partial charge in [0, 0.05) is 67.5 Å². The molecule has 1 aliphatic heterocycles. The van der Waals surface area contributed by atoms with Crippen LogP contribution in [-0.4, -0.2) is 64.2 Å². The summed E-state index contributed by atoms with van der Waals surface area (Å²) < 4.78 is 0. The van der Waals surface area contributed by atoms with Crippen molar-refractivity contribution in [3.8, 4) is 0 Å². The van der Waals surface area contributed by atoms with Crippen molar-refractivity contribution in [1.29, 1.82) is 0 Å². The Bertz CT molecular complexity index is 951. The molecular formula is C19H24N4O2. The highest BCUT2D eigenvalue weighted by Gasteiger charge is 2.19. The molecule has 3 N–H and O–H groups in total. The van der Waals surface area contributed by atoms with Crippen molar-refractivity contribution in [2.24, 2.45) is 0 Å². The van der Waals surface area contributed by atoms with Gasteiger partial charge in [-0.2, -0.15) is 0 Å². The van der Waals surface area contributed by atoms with Gasteiger partial charge in [-0.25, -0.2) is 0 Å². The molecule has 4 rings (SSSR count). The van der Waals surface area contributed by atoms with E-state index in [1.807, 2.05) is 19.2 Å². The lowest BCUT2D eigenvalue weighted by Gasteiger charge is -2.34. The SMILES string of the molecule is Cc1[nH]ccc2c1[nH]c1c(CN3CCN(CCO)CC3)c(=O)ccc12. The Labute approximate surface area is 146 Å². The molecule has 0 radical (unpaired) electrons. The van der Waals surface area contributed by atoms with Gasteiger partial charge < -0.3 is 15.1 Å². The Morgan fingerprint density at radius 1 is 1.04 bits per heavy atom. The van der Waals surface area contributed by atoms with Crippen LogP contribution in [0.4, 0.5) is 0 Å². The molecule has 1 aromatic carbocycles. The van der Waals surface area contributed by atoms with Gasteiger partial charge in [-0.1, -0.05) is 0 Å². The van der Waals surface area contributed by atoms with Crippen molar-refractivity contribution in [1.82, 2.24) is 19.8 Å². The Morgan fingerprint density at radius 2 is 1.76 bits per heavy atom. The summed E-state index contributed by atoms with van der Waals surface area (Å²) in [5.41, 5.74) is 4.05. The molecule has 1 fully saturated rings. The monoisotopic (exact) mass is 340 g/mol. The van der Waals surface area contributed by atoms with E-state index in [2.05, 4.69) is 25.8 Å². The predicted molar refractivity (Wildman–Crippen MR) is 100.0 cm³/mol. The largest absolute Gasteiger partial charge is 0.395 e. The van der Waals surface area contributed by atoms with Crippen LogP contribution in [0.3, 0.4) is 0 Å². The molecule has 1 saturated heterocycles. The summed E-state index contributed by atoms with van der Waals surface area (Å²) in [4.78, 5) is 23.8. The molecule has 6 heteroatoms. The van der Waals surface area contributed by atoms with Crippen LogP contribution in [-0.2, 0) is 6.54 Å². The molecule has 0 unspecified atom stereocenters. The van der Waals surface area contributed by atoms with E-state index < -0.39 is 0 Å². The third kappa shape index (κ3) is 2.97. The maximum Gasteiger partial charge on any atom is 0.185 e. The third-order valence-corrected chi connectivity index (χ3v) is 5.27. The number of hydrogen-bond acceptors (Lipinski definition) is 4. The first-order valence-corrected chi connectivity index (χ1v) is 8.84. The Kier molecular flexibility index (Phi) is 4.33. The standard InChI is InChI=1S/C19H24N4O2/c1-13-18-15(4-5-20-13)14-2-3-17(25)16(19(14)21-18)12-23-8-6-22(7-9-23)10-11-24/h2-5,20-21,24H,6-12H2,1H3. The molecule has 0 atom stereocenters. The number of fused-ring (bicyclic) bond motifs is 3. The van der Waals surface area contributed by atoms with Crippen molar-refractivity contribution in [3.05, 3.63) is 45.9 Å². The van der Waals surface area contributed by atoms with Crippen LogP contribution in [0.25, 0.3) is 21.8 Å². The summed E-state index contributed by atoms with van der Waals surface area (Å²) in [7, 11) is 0. The van der Waals surface area contributed by atoms with Crippen molar-refractivity contribution in [3.63, 3.8) is 0 Å². The second-order valence-corrected chi connectivity index (χ2v) is 6.82. The van der Waals surface area contributed by atoms with Crippen LogP contribution in [0.2, 0.25) is 0 Å². The van der Waals surface area contributed by atoms with Crippen LogP contribution < -0.4 is 5.43 Å². The molecule has 0 amide bonds. The van der Waals surface area contributed by atoms with E-state index in [9.17, 15) is 4.79 Å². The fourth-order valence-electron chi connectivity index (χ4n) is 3.81. The number of aromatic nitrogens is 2. The van der Waals surface area contributed by atoms with Crippen LogP contribution in [0, 0.1) is 6.92 Å². The second-order valence-electron chi connectivity index (χ2n) is 6.82. The first-order valence-electron chi connectivity index (χ1n) is 8.84. The zero-order valence-corrected chi connectivity index (χ0v) is 14.5. The van der Waals surface area contributed by atoms with Gasteiger partial charge in [0.25, 0.3) is 0 Å². The maximum atomic E-state index is 12.5. The van der Waals surface area contributed by atoms with E-state index in [0.29, 0.717) is 6.54 Å². The number of aliphatic hydroxyl groups excluding tert-OH is 1. The molecule has 1 aliphatic rings. The molecule has 132 valence electrons. The average Bonchev–Trinajstić information content (AvgIpc) is 3.00. The van der Waals surface area contributed by atoms with Gasteiger partial charge in [-0.15, -0.1) is 0 Å².